The van der Waals surface area contributed by atoms with Crippen LogP contribution in [0.2, 0.25) is 0 Å². The van der Waals surface area contributed by atoms with E-state index < -0.39 is 0 Å². The Labute approximate surface area is 139 Å². The summed E-state index contributed by atoms with van der Waals surface area (Å²) in [5.74, 6) is 0.897. The van der Waals surface area contributed by atoms with Gasteiger partial charge in [-0.25, -0.2) is 0 Å². The van der Waals surface area contributed by atoms with Gasteiger partial charge in [0.2, 0.25) is 0 Å². The molecule has 2 saturated heterocycles. The molecule has 5 nitrogen and oxygen atoms in total. The maximum Gasteiger partial charge on any atom is 0.191 e. The molecule has 3 unspecified atom stereocenters. The Morgan fingerprint density at radius 3 is 2.78 bits per heavy atom. The van der Waals surface area contributed by atoms with Gasteiger partial charge in [-0.3, -0.25) is 4.99 Å². The largest absolute Gasteiger partial charge is 0.375 e. The highest BCUT2D eigenvalue weighted by Gasteiger charge is 2.41. The van der Waals surface area contributed by atoms with E-state index >= 15 is 0 Å². The van der Waals surface area contributed by atoms with E-state index in [0.717, 1.165) is 31.9 Å². The number of hydrogen-bond donors (Lipinski definition) is 2. The molecular weight excluding hydrogens is 288 g/mol. The Bertz CT molecular complexity index is 519. The van der Waals surface area contributed by atoms with Gasteiger partial charge in [-0.15, -0.1) is 0 Å². The van der Waals surface area contributed by atoms with Crippen molar-refractivity contribution in [1.82, 2.24) is 10.6 Å². The van der Waals surface area contributed by atoms with Gasteiger partial charge in [-0.2, -0.15) is 0 Å². The minimum Gasteiger partial charge on any atom is -0.375 e. The standard InChI is InChI=1S/C18H28N4O/c1-19-18(21-16-13-15-9-10-17(16)23-15)20-11-6-12-22(2)14-7-4-3-5-8-14/h3-5,7-8,15-17H,6,9-13H2,1-2H3,(H2,19,20,21). The lowest BCUT2D eigenvalue weighted by Crippen LogP contribution is -2.47. The van der Waals surface area contributed by atoms with Gasteiger partial charge in [0, 0.05) is 32.9 Å². The third-order valence-electron chi connectivity index (χ3n) is 4.81. The molecule has 2 bridgehead atoms. The predicted octanol–water partition coefficient (Wildman–Crippen LogP) is 2.00. The van der Waals surface area contributed by atoms with Crippen LogP contribution >= 0.6 is 0 Å². The van der Waals surface area contributed by atoms with E-state index in [4.69, 9.17) is 4.74 Å². The molecule has 0 saturated carbocycles. The molecule has 2 aliphatic heterocycles. The first-order chi connectivity index (χ1) is 11.3. The fourth-order valence-corrected chi connectivity index (χ4v) is 3.49. The molecule has 3 rings (SSSR count). The average Bonchev–Trinajstić information content (AvgIpc) is 3.21. The zero-order valence-corrected chi connectivity index (χ0v) is 14.2. The maximum absolute atomic E-state index is 5.88. The Morgan fingerprint density at radius 2 is 2.13 bits per heavy atom. The van der Waals surface area contributed by atoms with Crippen molar-refractivity contribution in [3.8, 4) is 0 Å². The van der Waals surface area contributed by atoms with Crippen molar-refractivity contribution in [2.75, 3.05) is 32.1 Å². The highest BCUT2D eigenvalue weighted by Crippen LogP contribution is 2.34. The number of guanidine groups is 1. The third-order valence-corrected chi connectivity index (χ3v) is 4.81. The summed E-state index contributed by atoms with van der Waals surface area (Å²) in [6.45, 7) is 1.93. The number of rotatable bonds is 6. The highest BCUT2D eigenvalue weighted by atomic mass is 16.5. The molecule has 0 spiro atoms. The summed E-state index contributed by atoms with van der Waals surface area (Å²) in [6.07, 6.45) is 5.43. The minimum absolute atomic E-state index is 0.378. The number of fused-ring (bicyclic) bond motifs is 2. The van der Waals surface area contributed by atoms with Crippen molar-refractivity contribution < 1.29 is 4.74 Å². The van der Waals surface area contributed by atoms with Crippen LogP contribution in [-0.4, -0.2) is 51.4 Å². The Morgan fingerprint density at radius 1 is 1.30 bits per heavy atom. The second kappa shape index (κ2) is 7.68. The molecule has 2 fully saturated rings. The number of ether oxygens (including phenoxy) is 1. The van der Waals surface area contributed by atoms with Gasteiger partial charge in [0.05, 0.1) is 18.2 Å². The van der Waals surface area contributed by atoms with Gasteiger partial charge in [0.1, 0.15) is 0 Å². The van der Waals surface area contributed by atoms with Crippen LogP contribution in [0.15, 0.2) is 35.3 Å². The van der Waals surface area contributed by atoms with Crippen LogP contribution in [0.1, 0.15) is 25.7 Å². The third kappa shape index (κ3) is 4.16. The van der Waals surface area contributed by atoms with Crippen LogP contribution in [0, 0.1) is 0 Å². The molecule has 126 valence electrons. The van der Waals surface area contributed by atoms with Gasteiger partial charge in [-0.1, -0.05) is 18.2 Å². The number of nitrogens with zero attached hydrogens (tertiary/aromatic N) is 2. The van der Waals surface area contributed by atoms with Crippen LogP contribution < -0.4 is 15.5 Å². The lowest BCUT2D eigenvalue weighted by atomic mass is 9.96. The highest BCUT2D eigenvalue weighted by molar-refractivity contribution is 5.80. The molecule has 2 aliphatic rings. The summed E-state index contributed by atoms with van der Waals surface area (Å²) in [6, 6.07) is 10.9. The summed E-state index contributed by atoms with van der Waals surface area (Å²) >= 11 is 0. The Hall–Kier alpha value is -1.75. The average molecular weight is 316 g/mol. The first kappa shape index (κ1) is 16.1. The van der Waals surface area contributed by atoms with E-state index in [0.29, 0.717) is 18.2 Å². The monoisotopic (exact) mass is 316 g/mol. The van der Waals surface area contributed by atoms with E-state index in [-0.39, 0.29) is 0 Å². The maximum atomic E-state index is 5.88. The van der Waals surface area contributed by atoms with Crippen molar-refractivity contribution >= 4 is 11.6 Å². The van der Waals surface area contributed by atoms with E-state index in [1.807, 2.05) is 13.1 Å². The molecule has 2 heterocycles. The molecule has 0 radical (unpaired) electrons. The Kier molecular flexibility index (Phi) is 5.39. The quantitative estimate of drug-likeness (QED) is 0.479. The van der Waals surface area contributed by atoms with Crippen molar-refractivity contribution in [2.45, 2.75) is 43.9 Å². The molecular formula is C18H28N4O. The van der Waals surface area contributed by atoms with Crippen LogP contribution in [0.4, 0.5) is 5.69 Å². The number of hydrogen-bond acceptors (Lipinski definition) is 3. The zero-order chi connectivity index (χ0) is 16.1. The summed E-state index contributed by atoms with van der Waals surface area (Å²) in [5, 5.41) is 6.94. The molecule has 1 aromatic carbocycles. The summed E-state index contributed by atoms with van der Waals surface area (Å²) < 4.78 is 5.88. The number of nitrogens with one attached hydrogen (secondary N) is 2. The van der Waals surface area contributed by atoms with Crippen LogP contribution in [0.3, 0.4) is 0 Å². The lowest BCUT2D eigenvalue weighted by molar-refractivity contribution is 0.0992. The smallest absolute Gasteiger partial charge is 0.191 e. The summed E-state index contributed by atoms with van der Waals surface area (Å²) in [7, 11) is 3.97. The lowest BCUT2D eigenvalue weighted by Gasteiger charge is -2.23. The SMILES string of the molecule is CN=C(NCCCN(C)c1ccccc1)NC1CC2CCC1O2. The van der Waals surface area contributed by atoms with Crippen molar-refractivity contribution in [1.29, 1.82) is 0 Å². The van der Waals surface area contributed by atoms with Crippen molar-refractivity contribution in [3.63, 3.8) is 0 Å². The van der Waals surface area contributed by atoms with Crippen molar-refractivity contribution in [2.24, 2.45) is 4.99 Å². The van der Waals surface area contributed by atoms with E-state index in [2.05, 4.69) is 51.8 Å². The molecule has 0 aromatic heterocycles. The molecule has 3 atom stereocenters. The van der Waals surface area contributed by atoms with E-state index in [9.17, 15) is 0 Å². The molecule has 2 N–H and O–H groups in total. The second-order valence-corrected chi connectivity index (χ2v) is 6.47. The van der Waals surface area contributed by atoms with Crippen LogP contribution in [-0.2, 0) is 4.74 Å². The van der Waals surface area contributed by atoms with Gasteiger partial charge >= 0.3 is 0 Å². The number of benzene rings is 1. The van der Waals surface area contributed by atoms with Crippen molar-refractivity contribution in [3.05, 3.63) is 30.3 Å². The fourth-order valence-electron chi connectivity index (χ4n) is 3.49. The molecule has 0 amide bonds. The fraction of sp³-hybridized carbons (Fsp3) is 0.611. The van der Waals surface area contributed by atoms with E-state index in [1.54, 1.807) is 0 Å². The Balaban J connectivity index is 1.36. The topological polar surface area (TPSA) is 48.9 Å². The normalized spacial score (nSPS) is 26.3. The first-order valence-electron chi connectivity index (χ1n) is 8.65. The van der Waals surface area contributed by atoms with E-state index in [1.165, 1.54) is 18.5 Å². The zero-order valence-electron chi connectivity index (χ0n) is 14.2. The predicted molar refractivity (Wildman–Crippen MR) is 95.1 cm³/mol. The molecule has 0 aliphatic carbocycles. The van der Waals surface area contributed by atoms with Gasteiger partial charge in [0.15, 0.2) is 5.96 Å². The second-order valence-electron chi connectivity index (χ2n) is 6.47. The van der Waals surface area contributed by atoms with Gasteiger partial charge in [0.25, 0.3) is 0 Å². The van der Waals surface area contributed by atoms with Crippen LogP contribution in [0.25, 0.3) is 0 Å². The molecule has 5 heteroatoms. The summed E-state index contributed by atoms with van der Waals surface area (Å²) in [5.41, 5.74) is 1.26. The number of aliphatic imine (C=N–C) groups is 1. The van der Waals surface area contributed by atoms with Crippen LogP contribution in [0.5, 0.6) is 0 Å². The number of para-hydroxylation sites is 1. The molecule has 23 heavy (non-hydrogen) atoms. The summed E-state index contributed by atoms with van der Waals surface area (Å²) in [4.78, 5) is 6.61. The molecule has 1 aromatic rings. The first-order valence-corrected chi connectivity index (χ1v) is 8.65. The van der Waals surface area contributed by atoms with Gasteiger partial charge in [-0.05, 0) is 37.8 Å². The number of anilines is 1. The van der Waals surface area contributed by atoms with Gasteiger partial charge < -0.3 is 20.3 Å². The minimum atomic E-state index is 0.378.